The fourth-order valence-electron chi connectivity index (χ4n) is 2.25. The molecule has 1 aromatic carbocycles. The number of nitrogens with zero attached hydrogens (tertiary/aromatic N) is 1. The molecular weight excluding hydrogens is 222 g/mol. The molecule has 2 nitrogen and oxygen atoms in total. The Balaban J connectivity index is 2.17. The summed E-state index contributed by atoms with van der Waals surface area (Å²) in [7, 11) is 0. The fraction of sp³-hybridized carbons (Fsp3) is 0.538. The molecule has 16 heavy (non-hydrogen) atoms. The second-order valence-electron chi connectivity index (χ2n) is 4.36. The highest BCUT2D eigenvalue weighted by molar-refractivity contribution is 6.32. The van der Waals surface area contributed by atoms with Crippen LogP contribution in [0.3, 0.4) is 0 Å². The first-order valence-corrected chi connectivity index (χ1v) is 6.39. The molecule has 1 fully saturated rings. The summed E-state index contributed by atoms with van der Waals surface area (Å²) >= 11 is 5.93. The molecule has 3 heteroatoms. The van der Waals surface area contributed by atoms with Crippen molar-refractivity contribution in [3.8, 4) is 5.75 Å². The van der Waals surface area contributed by atoms with E-state index in [-0.39, 0.29) is 5.75 Å². The average molecular weight is 240 g/mol. The summed E-state index contributed by atoms with van der Waals surface area (Å²) in [6.07, 6.45) is 6.32. The van der Waals surface area contributed by atoms with Crippen molar-refractivity contribution in [1.29, 1.82) is 0 Å². The second-order valence-corrected chi connectivity index (χ2v) is 4.77. The molecule has 0 aliphatic carbocycles. The molecular formula is C13H18ClNO. The van der Waals surface area contributed by atoms with Crippen molar-refractivity contribution in [1.82, 2.24) is 0 Å². The van der Waals surface area contributed by atoms with Gasteiger partial charge in [0.05, 0.1) is 10.7 Å². The molecule has 1 N–H and O–H groups in total. The van der Waals surface area contributed by atoms with Gasteiger partial charge in [0.1, 0.15) is 0 Å². The quantitative estimate of drug-likeness (QED) is 0.806. The lowest BCUT2D eigenvalue weighted by Crippen LogP contribution is -2.26. The molecule has 0 radical (unpaired) electrons. The number of halogens is 1. The SMILES string of the molecule is Oc1c(Cl)cccc1N1CCCCCCC1. The zero-order valence-electron chi connectivity index (χ0n) is 9.45. The summed E-state index contributed by atoms with van der Waals surface area (Å²) < 4.78 is 0. The van der Waals surface area contributed by atoms with E-state index in [4.69, 9.17) is 11.6 Å². The lowest BCUT2D eigenvalue weighted by atomic mass is 10.1. The highest BCUT2D eigenvalue weighted by Crippen LogP contribution is 2.34. The molecule has 1 heterocycles. The Kier molecular flexibility index (Phi) is 3.94. The molecule has 0 aromatic heterocycles. The predicted octanol–water partition coefficient (Wildman–Crippen LogP) is 3.82. The van der Waals surface area contributed by atoms with E-state index >= 15 is 0 Å². The Bertz CT molecular complexity index is 346. The van der Waals surface area contributed by atoms with Gasteiger partial charge < -0.3 is 10.0 Å². The summed E-state index contributed by atoms with van der Waals surface area (Å²) in [4.78, 5) is 2.25. The van der Waals surface area contributed by atoms with Crippen molar-refractivity contribution in [3.05, 3.63) is 23.2 Å². The molecule has 0 amide bonds. The van der Waals surface area contributed by atoms with Crippen molar-refractivity contribution in [2.45, 2.75) is 32.1 Å². The number of benzene rings is 1. The zero-order valence-corrected chi connectivity index (χ0v) is 10.2. The van der Waals surface area contributed by atoms with Gasteiger partial charge in [-0.25, -0.2) is 0 Å². The van der Waals surface area contributed by atoms with Gasteiger partial charge in [0.25, 0.3) is 0 Å². The van der Waals surface area contributed by atoms with Crippen molar-refractivity contribution in [3.63, 3.8) is 0 Å². The molecule has 0 bridgehead atoms. The summed E-state index contributed by atoms with van der Waals surface area (Å²) in [5, 5.41) is 10.4. The van der Waals surface area contributed by atoms with Crippen LogP contribution in [0.25, 0.3) is 0 Å². The topological polar surface area (TPSA) is 23.5 Å². The summed E-state index contributed by atoms with van der Waals surface area (Å²) in [5.74, 6) is 0.227. The van der Waals surface area contributed by atoms with E-state index in [9.17, 15) is 5.11 Å². The third-order valence-corrected chi connectivity index (χ3v) is 3.47. The number of hydrogen-bond donors (Lipinski definition) is 1. The fourth-order valence-corrected chi connectivity index (χ4v) is 2.42. The molecule has 1 saturated heterocycles. The Morgan fingerprint density at radius 1 is 1.00 bits per heavy atom. The molecule has 1 aliphatic heterocycles. The summed E-state index contributed by atoms with van der Waals surface area (Å²) in [6.45, 7) is 2.04. The van der Waals surface area contributed by atoms with Gasteiger partial charge in [-0.1, -0.05) is 36.9 Å². The zero-order chi connectivity index (χ0) is 11.4. The highest BCUT2D eigenvalue weighted by Gasteiger charge is 2.13. The maximum absolute atomic E-state index is 9.94. The number of para-hydroxylation sites is 1. The van der Waals surface area contributed by atoms with Crippen LogP contribution in [0.4, 0.5) is 5.69 Å². The van der Waals surface area contributed by atoms with Crippen LogP contribution >= 0.6 is 11.6 Å². The van der Waals surface area contributed by atoms with E-state index in [1.807, 2.05) is 12.1 Å². The van der Waals surface area contributed by atoms with E-state index in [1.165, 1.54) is 32.1 Å². The number of anilines is 1. The minimum Gasteiger partial charge on any atom is -0.504 e. The van der Waals surface area contributed by atoms with Gasteiger partial charge in [-0.15, -0.1) is 0 Å². The predicted molar refractivity (Wildman–Crippen MR) is 68.4 cm³/mol. The van der Waals surface area contributed by atoms with Crippen LogP contribution < -0.4 is 4.90 Å². The third-order valence-electron chi connectivity index (χ3n) is 3.16. The Morgan fingerprint density at radius 3 is 2.31 bits per heavy atom. The summed E-state index contributed by atoms with van der Waals surface area (Å²) in [6, 6.07) is 5.57. The minimum atomic E-state index is 0.227. The van der Waals surface area contributed by atoms with Gasteiger partial charge in [-0.2, -0.15) is 0 Å². The van der Waals surface area contributed by atoms with Gasteiger partial charge in [-0.3, -0.25) is 0 Å². The van der Waals surface area contributed by atoms with Gasteiger partial charge in [-0.05, 0) is 25.0 Å². The maximum Gasteiger partial charge on any atom is 0.157 e. The Morgan fingerprint density at radius 2 is 1.62 bits per heavy atom. The van der Waals surface area contributed by atoms with Crippen LogP contribution in [0.2, 0.25) is 5.02 Å². The van der Waals surface area contributed by atoms with Gasteiger partial charge >= 0.3 is 0 Å². The summed E-state index contributed by atoms with van der Waals surface area (Å²) in [5.41, 5.74) is 0.884. The normalized spacial score (nSPS) is 17.9. The van der Waals surface area contributed by atoms with Crippen LogP contribution in [0.5, 0.6) is 5.75 Å². The van der Waals surface area contributed by atoms with Crippen molar-refractivity contribution in [2.24, 2.45) is 0 Å². The van der Waals surface area contributed by atoms with Gasteiger partial charge in [0.2, 0.25) is 0 Å². The van der Waals surface area contributed by atoms with Crippen molar-refractivity contribution >= 4 is 17.3 Å². The molecule has 1 aromatic rings. The first kappa shape index (κ1) is 11.6. The number of phenolic OH excluding ortho intramolecular Hbond substituents is 1. The molecule has 0 atom stereocenters. The molecule has 0 spiro atoms. The van der Waals surface area contributed by atoms with Crippen LogP contribution in [-0.4, -0.2) is 18.2 Å². The van der Waals surface area contributed by atoms with Crippen LogP contribution in [0.1, 0.15) is 32.1 Å². The van der Waals surface area contributed by atoms with E-state index in [0.29, 0.717) is 5.02 Å². The van der Waals surface area contributed by atoms with Crippen LogP contribution in [0, 0.1) is 0 Å². The number of phenols is 1. The monoisotopic (exact) mass is 239 g/mol. The van der Waals surface area contributed by atoms with E-state index in [1.54, 1.807) is 6.07 Å². The first-order chi connectivity index (χ1) is 7.79. The van der Waals surface area contributed by atoms with E-state index < -0.39 is 0 Å². The average Bonchev–Trinajstić information content (AvgIpc) is 2.23. The standard InChI is InChI=1S/C13H18ClNO/c14-11-7-6-8-12(13(11)16)15-9-4-2-1-3-5-10-15/h6-8,16H,1-5,9-10H2. The second kappa shape index (κ2) is 5.44. The van der Waals surface area contributed by atoms with Crippen molar-refractivity contribution in [2.75, 3.05) is 18.0 Å². The molecule has 88 valence electrons. The smallest absolute Gasteiger partial charge is 0.157 e. The lowest BCUT2D eigenvalue weighted by molar-refractivity contribution is 0.470. The Hall–Kier alpha value is -0.890. The molecule has 1 aliphatic rings. The number of rotatable bonds is 1. The largest absolute Gasteiger partial charge is 0.504 e. The Labute approximate surface area is 102 Å². The van der Waals surface area contributed by atoms with Crippen LogP contribution in [-0.2, 0) is 0 Å². The molecule has 2 rings (SSSR count). The number of hydrogen-bond acceptors (Lipinski definition) is 2. The van der Waals surface area contributed by atoms with Crippen LogP contribution in [0.15, 0.2) is 18.2 Å². The van der Waals surface area contributed by atoms with Crippen molar-refractivity contribution < 1.29 is 5.11 Å². The third kappa shape index (κ3) is 2.62. The van der Waals surface area contributed by atoms with Gasteiger partial charge in [0.15, 0.2) is 5.75 Å². The minimum absolute atomic E-state index is 0.227. The highest BCUT2D eigenvalue weighted by atomic mass is 35.5. The maximum atomic E-state index is 9.94. The van der Waals surface area contributed by atoms with E-state index in [2.05, 4.69) is 4.90 Å². The number of aromatic hydroxyl groups is 1. The molecule has 0 unspecified atom stereocenters. The first-order valence-electron chi connectivity index (χ1n) is 6.01. The van der Waals surface area contributed by atoms with Gasteiger partial charge in [0, 0.05) is 13.1 Å². The lowest BCUT2D eigenvalue weighted by Gasteiger charge is -2.27. The molecule has 0 saturated carbocycles. The van der Waals surface area contributed by atoms with E-state index in [0.717, 1.165) is 18.8 Å².